The number of nitrogens with zero attached hydrogens (tertiary/aromatic N) is 1. The van der Waals surface area contributed by atoms with E-state index in [0.717, 1.165) is 5.69 Å². The lowest BCUT2D eigenvalue weighted by atomic mass is 10.3. The highest BCUT2D eigenvalue weighted by molar-refractivity contribution is 7.89. The van der Waals surface area contributed by atoms with Crippen molar-refractivity contribution < 1.29 is 8.42 Å². The van der Waals surface area contributed by atoms with Gasteiger partial charge >= 0.3 is 0 Å². The first-order chi connectivity index (χ1) is 8.45. The predicted octanol–water partition coefficient (Wildman–Crippen LogP) is 0.985. The summed E-state index contributed by atoms with van der Waals surface area (Å²) in [5.74, 6) is 0. The van der Waals surface area contributed by atoms with E-state index in [0.29, 0.717) is 17.9 Å². The molecule has 96 valence electrons. The molecule has 0 unspecified atom stereocenters. The number of rotatable bonds is 4. The van der Waals surface area contributed by atoms with Gasteiger partial charge in [-0.1, -0.05) is 0 Å². The highest BCUT2D eigenvalue weighted by Gasteiger charge is 2.09. The van der Waals surface area contributed by atoms with Crippen LogP contribution in [0.25, 0.3) is 0 Å². The van der Waals surface area contributed by atoms with E-state index in [1.54, 1.807) is 11.6 Å². The number of nitrogens with two attached hydrogens (primary N) is 2. The van der Waals surface area contributed by atoms with Gasteiger partial charge in [0.05, 0.1) is 22.6 Å². The van der Waals surface area contributed by atoms with E-state index in [2.05, 4.69) is 10.3 Å². The Kier molecular flexibility index (Phi) is 3.50. The molecule has 0 fully saturated rings. The Morgan fingerprint density at radius 1 is 1.33 bits per heavy atom. The van der Waals surface area contributed by atoms with Gasteiger partial charge in [0, 0.05) is 16.8 Å². The first-order valence-electron chi connectivity index (χ1n) is 4.99. The number of anilines is 2. The van der Waals surface area contributed by atoms with Crippen LogP contribution in [0.2, 0.25) is 0 Å². The van der Waals surface area contributed by atoms with Gasteiger partial charge in [-0.15, -0.1) is 11.3 Å². The fraction of sp³-hybridized carbons (Fsp3) is 0.100. The minimum absolute atomic E-state index is 0.0109. The van der Waals surface area contributed by atoms with Gasteiger partial charge in [-0.25, -0.2) is 18.5 Å². The van der Waals surface area contributed by atoms with E-state index in [9.17, 15) is 8.42 Å². The number of primary sulfonamides is 1. The number of hydrogen-bond donors (Lipinski definition) is 3. The monoisotopic (exact) mass is 284 g/mol. The molecule has 8 heteroatoms. The number of nitrogens with one attached hydrogen (secondary N) is 1. The number of nitrogen functional groups attached to an aromatic ring is 1. The average molecular weight is 284 g/mol. The van der Waals surface area contributed by atoms with Crippen molar-refractivity contribution in [3.8, 4) is 0 Å². The van der Waals surface area contributed by atoms with Crippen LogP contribution in [0, 0.1) is 0 Å². The SMILES string of the molecule is Nc1cc(NCc2cscn2)cc(S(N)(=O)=O)c1. The van der Waals surface area contributed by atoms with Crippen molar-refractivity contribution in [3.63, 3.8) is 0 Å². The maximum atomic E-state index is 11.3. The molecule has 2 aromatic rings. The maximum absolute atomic E-state index is 11.3. The van der Waals surface area contributed by atoms with Crippen LogP contribution < -0.4 is 16.2 Å². The largest absolute Gasteiger partial charge is 0.399 e. The molecule has 0 saturated heterocycles. The third kappa shape index (κ3) is 3.19. The zero-order valence-corrected chi connectivity index (χ0v) is 11.0. The van der Waals surface area contributed by atoms with Crippen LogP contribution in [0.1, 0.15) is 5.69 Å². The molecule has 5 N–H and O–H groups in total. The predicted molar refractivity (Wildman–Crippen MR) is 71.7 cm³/mol. The molecule has 0 bridgehead atoms. The standard InChI is InChI=1S/C10H12N4O2S2/c11-7-1-8(3-10(2-7)18(12,15)16)13-4-9-5-17-6-14-9/h1-3,5-6,13H,4,11H2,(H2,12,15,16). The van der Waals surface area contributed by atoms with Gasteiger partial charge in [-0.2, -0.15) is 0 Å². The van der Waals surface area contributed by atoms with Gasteiger partial charge in [-0.05, 0) is 18.2 Å². The Hall–Kier alpha value is -1.64. The van der Waals surface area contributed by atoms with Crippen molar-refractivity contribution in [1.82, 2.24) is 4.98 Å². The van der Waals surface area contributed by atoms with Gasteiger partial charge in [-0.3, -0.25) is 0 Å². The Morgan fingerprint density at radius 3 is 2.72 bits per heavy atom. The van der Waals surface area contributed by atoms with Gasteiger partial charge < -0.3 is 11.1 Å². The first kappa shape index (κ1) is 12.8. The Balaban J connectivity index is 2.21. The highest BCUT2D eigenvalue weighted by atomic mass is 32.2. The lowest BCUT2D eigenvalue weighted by molar-refractivity contribution is 0.598. The lowest BCUT2D eigenvalue weighted by Gasteiger charge is -2.08. The van der Waals surface area contributed by atoms with E-state index in [1.807, 2.05) is 5.38 Å². The number of sulfonamides is 1. The summed E-state index contributed by atoms with van der Waals surface area (Å²) >= 11 is 1.49. The summed E-state index contributed by atoms with van der Waals surface area (Å²) < 4.78 is 22.5. The van der Waals surface area contributed by atoms with Gasteiger partial charge in [0.25, 0.3) is 0 Å². The summed E-state index contributed by atoms with van der Waals surface area (Å²) in [4.78, 5) is 4.10. The van der Waals surface area contributed by atoms with Crippen LogP contribution in [-0.2, 0) is 16.6 Å². The summed E-state index contributed by atoms with van der Waals surface area (Å²) in [6, 6.07) is 4.41. The molecule has 2 rings (SSSR count). The smallest absolute Gasteiger partial charge is 0.238 e. The molecule has 1 heterocycles. The number of hydrogen-bond acceptors (Lipinski definition) is 6. The second-order valence-corrected chi connectivity index (χ2v) is 5.95. The van der Waals surface area contributed by atoms with Crippen LogP contribution in [-0.4, -0.2) is 13.4 Å². The number of aromatic nitrogens is 1. The Morgan fingerprint density at radius 2 is 2.11 bits per heavy atom. The van der Waals surface area contributed by atoms with E-state index in [1.165, 1.54) is 23.5 Å². The van der Waals surface area contributed by atoms with Gasteiger partial charge in [0.15, 0.2) is 0 Å². The average Bonchev–Trinajstić information content (AvgIpc) is 2.77. The van der Waals surface area contributed by atoms with Crippen LogP contribution in [0.5, 0.6) is 0 Å². The van der Waals surface area contributed by atoms with E-state index in [-0.39, 0.29) is 4.90 Å². The third-order valence-electron chi connectivity index (χ3n) is 2.21. The number of benzene rings is 1. The zero-order valence-electron chi connectivity index (χ0n) is 9.33. The topological polar surface area (TPSA) is 111 Å². The minimum atomic E-state index is -3.75. The van der Waals surface area contributed by atoms with Crippen molar-refractivity contribution in [3.05, 3.63) is 34.8 Å². The molecule has 18 heavy (non-hydrogen) atoms. The molecule has 6 nitrogen and oxygen atoms in total. The van der Waals surface area contributed by atoms with Crippen LogP contribution >= 0.6 is 11.3 Å². The molecule has 0 aliphatic rings. The summed E-state index contributed by atoms with van der Waals surface area (Å²) in [6.07, 6.45) is 0. The molecule has 0 aliphatic heterocycles. The van der Waals surface area contributed by atoms with Crippen molar-refractivity contribution in [2.45, 2.75) is 11.4 Å². The molecule has 0 amide bonds. The zero-order chi connectivity index (χ0) is 13.2. The number of thiazole rings is 1. The minimum Gasteiger partial charge on any atom is -0.399 e. The molecule has 0 radical (unpaired) electrons. The van der Waals surface area contributed by atoms with E-state index >= 15 is 0 Å². The highest BCUT2D eigenvalue weighted by Crippen LogP contribution is 2.20. The summed E-state index contributed by atoms with van der Waals surface area (Å²) in [5, 5.41) is 10.0. The van der Waals surface area contributed by atoms with E-state index in [4.69, 9.17) is 10.9 Å². The van der Waals surface area contributed by atoms with Crippen LogP contribution in [0.4, 0.5) is 11.4 Å². The lowest BCUT2D eigenvalue weighted by Crippen LogP contribution is -2.13. The fourth-order valence-corrected chi connectivity index (χ4v) is 2.56. The molecule has 0 saturated carbocycles. The molecule has 0 spiro atoms. The van der Waals surface area contributed by atoms with Gasteiger partial charge in [0.2, 0.25) is 10.0 Å². The quantitative estimate of drug-likeness (QED) is 0.725. The van der Waals surface area contributed by atoms with Gasteiger partial charge in [0.1, 0.15) is 0 Å². The molecular formula is C10H12N4O2S2. The molecule has 1 aromatic heterocycles. The van der Waals surface area contributed by atoms with Crippen LogP contribution in [0.3, 0.4) is 0 Å². The fourth-order valence-electron chi connectivity index (χ4n) is 1.41. The Bertz CT molecular complexity index is 638. The normalized spacial score (nSPS) is 11.4. The summed E-state index contributed by atoms with van der Waals surface area (Å²) in [7, 11) is -3.75. The van der Waals surface area contributed by atoms with Crippen molar-refractivity contribution in [2.75, 3.05) is 11.1 Å². The van der Waals surface area contributed by atoms with Crippen molar-refractivity contribution in [2.24, 2.45) is 5.14 Å². The molecule has 0 aliphatic carbocycles. The van der Waals surface area contributed by atoms with Crippen molar-refractivity contribution >= 4 is 32.7 Å². The Labute approximate surface area is 109 Å². The maximum Gasteiger partial charge on any atom is 0.238 e. The first-order valence-corrected chi connectivity index (χ1v) is 7.48. The molecular weight excluding hydrogens is 272 g/mol. The second-order valence-electron chi connectivity index (χ2n) is 3.67. The van der Waals surface area contributed by atoms with Crippen molar-refractivity contribution in [1.29, 1.82) is 0 Å². The molecule has 0 atom stereocenters. The second kappa shape index (κ2) is 4.92. The van der Waals surface area contributed by atoms with Crippen LogP contribution in [0.15, 0.2) is 34.0 Å². The third-order valence-corrected chi connectivity index (χ3v) is 3.74. The molecule has 1 aromatic carbocycles. The summed E-state index contributed by atoms with van der Waals surface area (Å²) in [5.41, 5.74) is 9.16. The summed E-state index contributed by atoms with van der Waals surface area (Å²) in [6.45, 7) is 0.497. The van der Waals surface area contributed by atoms with E-state index < -0.39 is 10.0 Å².